The van der Waals surface area contributed by atoms with E-state index in [2.05, 4.69) is 29.1 Å². The van der Waals surface area contributed by atoms with Crippen LogP contribution in [0, 0.1) is 0 Å². The molecule has 0 aliphatic carbocycles. The van der Waals surface area contributed by atoms with E-state index in [1.54, 1.807) is 11.3 Å². The Bertz CT molecular complexity index is 398. The molecule has 2 atom stereocenters. The predicted octanol–water partition coefficient (Wildman–Crippen LogP) is 1.87. The molecule has 1 N–H and O–H groups in total. The lowest BCUT2D eigenvalue weighted by Crippen LogP contribution is -2.34. The van der Waals surface area contributed by atoms with Gasteiger partial charge in [-0.05, 0) is 35.2 Å². The Morgan fingerprint density at radius 1 is 1.44 bits per heavy atom. The van der Waals surface area contributed by atoms with Gasteiger partial charge in [-0.1, -0.05) is 6.92 Å². The number of nitrogens with one attached hydrogen (secondary N) is 1. The van der Waals surface area contributed by atoms with E-state index in [1.165, 1.54) is 11.8 Å². The number of rotatable bonds is 6. The van der Waals surface area contributed by atoms with Crippen LogP contribution in [0.3, 0.4) is 0 Å². The Morgan fingerprint density at radius 2 is 2.12 bits per heavy atom. The fourth-order valence-electron chi connectivity index (χ4n) is 1.56. The van der Waals surface area contributed by atoms with Gasteiger partial charge in [0.15, 0.2) is 0 Å². The van der Waals surface area contributed by atoms with Crippen molar-refractivity contribution in [1.82, 2.24) is 5.32 Å². The summed E-state index contributed by atoms with van der Waals surface area (Å²) in [7, 11) is -2.89. The van der Waals surface area contributed by atoms with Gasteiger partial charge in [0.05, 0.1) is 5.75 Å². The molecule has 1 rings (SSSR count). The highest BCUT2D eigenvalue weighted by Crippen LogP contribution is 2.17. The normalized spacial score (nSPS) is 15.9. The van der Waals surface area contributed by atoms with Crippen LogP contribution in [-0.2, 0) is 9.84 Å². The molecule has 0 bridgehead atoms. The quantitative estimate of drug-likeness (QED) is 0.850. The third kappa shape index (κ3) is 5.09. The van der Waals surface area contributed by atoms with Crippen LogP contribution >= 0.6 is 11.3 Å². The fraction of sp³-hybridized carbons (Fsp3) is 0.636. The fourth-order valence-corrected chi connectivity index (χ4v) is 3.37. The van der Waals surface area contributed by atoms with Crippen molar-refractivity contribution in [1.29, 1.82) is 0 Å². The number of hydrogen-bond donors (Lipinski definition) is 1. The highest BCUT2D eigenvalue weighted by atomic mass is 32.2. The van der Waals surface area contributed by atoms with Gasteiger partial charge < -0.3 is 5.32 Å². The molecule has 0 aromatic carbocycles. The molecule has 16 heavy (non-hydrogen) atoms. The number of hydrogen-bond acceptors (Lipinski definition) is 4. The van der Waals surface area contributed by atoms with Crippen LogP contribution in [0.15, 0.2) is 16.8 Å². The first-order valence-electron chi connectivity index (χ1n) is 5.31. The summed E-state index contributed by atoms with van der Waals surface area (Å²) in [4.78, 5) is 0. The molecule has 2 unspecified atom stereocenters. The third-order valence-corrected chi connectivity index (χ3v) is 4.24. The molecule has 5 heteroatoms. The number of sulfone groups is 1. The van der Waals surface area contributed by atoms with Crippen LogP contribution in [0.1, 0.15) is 25.3 Å². The maximum absolute atomic E-state index is 11.1. The Balaban J connectivity index is 2.35. The summed E-state index contributed by atoms with van der Waals surface area (Å²) in [5.41, 5.74) is 1.31. The van der Waals surface area contributed by atoms with Crippen LogP contribution in [0.5, 0.6) is 0 Å². The molecule has 1 heterocycles. The zero-order valence-corrected chi connectivity index (χ0v) is 11.6. The van der Waals surface area contributed by atoms with Crippen LogP contribution in [0.4, 0.5) is 0 Å². The second kappa shape index (κ2) is 5.80. The minimum Gasteiger partial charge on any atom is -0.313 e. The van der Waals surface area contributed by atoms with Crippen LogP contribution in [-0.4, -0.2) is 33.0 Å². The van der Waals surface area contributed by atoms with E-state index in [1.807, 2.05) is 6.92 Å². The molecule has 0 radical (unpaired) electrons. The van der Waals surface area contributed by atoms with Gasteiger partial charge in [-0.25, -0.2) is 8.42 Å². The van der Waals surface area contributed by atoms with Crippen molar-refractivity contribution < 1.29 is 8.42 Å². The zero-order chi connectivity index (χ0) is 12.2. The first kappa shape index (κ1) is 13.7. The molecule has 92 valence electrons. The van der Waals surface area contributed by atoms with Crippen molar-refractivity contribution in [3.63, 3.8) is 0 Å². The summed E-state index contributed by atoms with van der Waals surface area (Å²) >= 11 is 1.69. The zero-order valence-electron chi connectivity index (χ0n) is 9.93. The molecule has 0 saturated heterocycles. The monoisotopic (exact) mass is 261 g/mol. The first-order valence-corrected chi connectivity index (χ1v) is 8.32. The summed E-state index contributed by atoms with van der Waals surface area (Å²) in [6.07, 6.45) is 1.27. The van der Waals surface area contributed by atoms with Gasteiger partial charge in [-0.15, -0.1) is 0 Å². The molecule has 0 fully saturated rings. The Kier molecular flexibility index (Phi) is 4.95. The summed E-state index contributed by atoms with van der Waals surface area (Å²) < 4.78 is 22.2. The molecular formula is C11H19NO2S2. The van der Waals surface area contributed by atoms with Gasteiger partial charge in [0.25, 0.3) is 0 Å². The van der Waals surface area contributed by atoms with Crippen molar-refractivity contribution in [2.45, 2.75) is 25.8 Å². The van der Waals surface area contributed by atoms with Gasteiger partial charge in [0.2, 0.25) is 0 Å². The molecule has 0 spiro atoms. The van der Waals surface area contributed by atoms with Crippen molar-refractivity contribution in [2.24, 2.45) is 0 Å². The van der Waals surface area contributed by atoms with E-state index in [9.17, 15) is 8.42 Å². The van der Waals surface area contributed by atoms with E-state index in [4.69, 9.17) is 0 Å². The topological polar surface area (TPSA) is 46.2 Å². The minimum atomic E-state index is -2.89. The van der Waals surface area contributed by atoms with Crippen LogP contribution in [0.25, 0.3) is 0 Å². The average Bonchev–Trinajstić information content (AvgIpc) is 2.64. The van der Waals surface area contributed by atoms with Crippen LogP contribution < -0.4 is 5.32 Å². The third-order valence-electron chi connectivity index (χ3n) is 2.44. The van der Waals surface area contributed by atoms with E-state index in [0.717, 1.165) is 6.54 Å². The Hall–Kier alpha value is -0.390. The van der Waals surface area contributed by atoms with Gasteiger partial charge >= 0.3 is 0 Å². The average molecular weight is 261 g/mol. The lowest BCUT2D eigenvalue weighted by molar-refractivity contribution is 0.537. The van der Waals surface area contributed by atoms with Gasteiger partial charge in [-0.3, -0.25) is 0 Å². The summed E-state index contributed by atoms with van der Waals surface area (Å²) in [6, 6.07) is 2.12. The summed E-state index contributed by atoms with van der Waals surface area (Å²) in [5, 5.41) is 7.45. The van der Waals surface area contributed by atoms with Gasteiger partial charge in [-0.2, -0.15) is 11.3 Å². The summed E-state index contributed by atoms with van der Waals surface area (Å²) in [5.74, 6) is 0.622. The molecule has 3 nitrogen and oxygen atoms in total. The SMILES string of the molecule is CC(CS(C)(=O)=O)NCC(C)c1ccsc1. The Labute approximate surface area is 102 Å². The minimum absolute atomic E-state index is 0.0103. The highest BCUT2D eigenvalue weighted by Gasteiger charge is 2.12. The van der Waals surface area contributed by atoms with E-state index >= 15 is 0 Å². The number of thiophene rings is 1. The maximum atomic E-state index is 11.1. The van der Waals surface area contributed by atoms with E-state index in [-0.39, 0.29) is 11.8 Å². The maximum Gasteiger partial charge on any atom is 0.148 e. The van der Waals surface area contributed by atoms with Gasteiger partial charge in [0.1, 0.15) is 9.84 Å². The first-order chi connectivity index (χ1) is 7.38. The highest BCUT2D eigenvalue weighted by molar-refractivity contribution is 7.90. The standard InChI is InChI=1S/C11H19NO2S2/c1-9(11-4-5-15-7-11)6-12-10(2)8-16(3,13)14/h4-5,7,9-10,12H,6,8H2,1-3H3. The smallest absolute Gasteiger partial charge is 0.148 e. The van der Waals surface area contributed by atoms with Gasteiger partial charge in [0, 0.05) is 18.8 Å². The largest absolute Gasteiger partial charge is 0.313 e. The van der Waals surface area contributed by atoms with Crippen molar-refractivity contribution >= 4 is 21.2 Å². The van der Waals surface area contributed by atoms with Crippen molar-refractivity contribution in [2.75, 3.05) is 18.6 Å². The molecule has 0 saturated carbocycles. The molecule has 1 aromatic heterocycles. The van der Waals surface area contributed by atoms with Crippen molar-refractivity contribution in [3.05, 3.63) is 22.4 Å². The van der Waals surface area contributed by atoms with E-state index < -0.39 is 9.84 Å². The molecule has 0 amide bonds. The lowest BCUT2D eigenvalue weighted by atomic mass is 10.1. The second-order valence-corrected chi connectivity index (χ2v) is 7.32. The summed E-state index contributed by atoms with van der Waals surface area (Å²) in [6.45, 7) is 4.86. The second-order valence-electron chi connectivity index (χ2n) is 4.36. The molecule has 1 aromatic rings. The molecule has 0 aliphatic rings. The van der Waals surface area contributed by atoms with E-state index in [0.29, 0.717) is 5.92 Å². The predicted molar refractivity (Wildman–Crippen MR) is 69.9 cm³/mol. The molecule has 0 aliphatic heterocycles. The Morgan fingerprint density at radius 3 is 2.62 bits per heavy atom. The van der Waals surface area contributed by atoms with Crippen LogP contribution in [0.2, 0.25) is 0 Å². The van der Waals surface area contributed by atoms with Crippen molar-refractivity contribution in [3.8, 4) is 0 Å². The lowest BCUT2D eigenvalue weighted by Gasteiger charge is -2.16. The molecular weight excluding hydrogens is 242 g/mol.